The highest BCUT2D eigenvalue weighted by atomic mass is 16.5. The average molecular weight is 464 g/mol. The van der Waals surface area contributed by atoms with Crippen LogP contribution in [-0.2, 0) is 9.53 Å². The third-order valence-corrected chi connectivity index (χ3v) is 4.81. The Bertz CT molecular complexity index is 1090. The lowest BCUT2D eigenvalue weighted by molar-refractivity contribution is -0.435. The van der Waals surface area contributed by atoms with Gasteiger partial charge in [-0.05, 0) is 55.8 Å². The van der Waals surface area contributed by atoms with Gasteiger partial charge in [0.15, 0.2) is 0 Å². The molecule has 0 N–H and O–H groups in total. The van der Waals surface area contributed by atoms with Gasteiger partial charge in [0.2, 0.25) is 5.69 Å². The maximum Gasteiger partial charge on any atom is 0.404 e. The fourth-order valence-corrected chi connectivity index (χ4v) is 3.14. The van der Waals surface area contributed by atoms with E-state index in [-0.39, 0.29) is 11.5 Å². The number of rotatable bonds is 8. The van der Waals surface area contributed by atoms with Crippen LogP contribution in [0.25, 0.3) is 0 Å². The molecule has 0 radical (unpaired) electrons. The molecule has 0 saturated carbocycles. The molecule has 0 atom stereocenters. The molecule has 3 rings (SSSR count). The molecule has 3 aromatic rings. The highest BCUT2D eigenvalue weighted by Crippen LogP contribution is 2.20. The minimum atomic E-state index is -1.13. The average Bonchev–Trinajstić information content (AvgIpc) is 2.88. The topological polar surface area (TPSA) is 87.9 Å². The molecule has 0 aromatic heterocycles. The lowest BCUT2D eigenvalue weighted by Crippen LogP contribution is -2.28. The zero-order valence-electron chi connectivity index (χ0n) is 19.8. The Morgan fingerprint density at radius 3 is 1.71 bits per heavy atom. The Balaban J connectivity index is 0.000000379. The van der Waals surface area contributed by atoms with Crippen molar-refractivity contribution >= 4 is 23.3 Å². The SMILES string of the molecule is CCOC(=O)C(c1ccc(OC)cc1)=[N+](CC)c1ccc(OC)cc1.O=C([O-])c1ccccc1. The molecule has 7 heteroatoms. The van der Waals surface area contributed by atoms with Gasteiger partial charge >= 0.3 is 5.97 Å². The number of carboxylic acid groups (broad SMARTS) is 1. The van der Waals surface area contributed by atoms with Crippen LogP contribution in [0.2, 0.25) is 0 Å². The molecule has 0 heterocycles. The molecule has 0 aliphatic carbocycles. The maximum absolute atomic E-state index is 12.6. The summed E-state index contributed by atoms with van der Waals surface area (Å²) in [7, 11) is 3.24. The van der Waals surface area contributed by atoms with Crippen LogP contribution in [0, 0.1) is 0 Å². The van der Waals surface area contributed by atoms with Crippen molar-refractivity contribution in [3.05, 3.63) is 90.0 Å². The molecule has 178 valence electrons. The standard InChI is InChI=1S/C20H24NO4.C7H6O2/c1-5-21(16-9-13-18(24-4)14-10-16)19(20(22)25-6-2)15-7-11-17(23-3)12-8-15;8-7(9)6-4-2-1-3-5-6/h7-14H,5-6H2,1-4H3;1-5H,(H,8,9)/q+1;/p-1. The Morgan fingerprint density at radius 2 is 1.29 bits per heavy atom. The van der Waals surface area contributed by atoms with Crippen LogP contribution in [0.15, 0.2) is 78.9 Å². The van der Waals surface area contributed by atoms with Gasteiger partial charge in [0.25, 0.3) is 5.71 Å². The molecular formula is C27H29NO6. The fraction of sp³-hybridized carbons (Fsp3) is 0.222. The molecule has 0 saturated heterocycles. The number of hydrogen-bond donors (Lipinski definition) is 0. The molecular weight excluding hydrogens is 434 g/mol. The molecule has 0 bridgehead atoms. The molecule has 0 amide bonds. The van der Waals surface area contributed by atoms with E-state index in [1.165, 1.54) is 12.1 Å². The Labute approximate surface area is 199 Å². The number of ether oxygens (including phenoxy) is 3. The van der Waals surface area contributed by atoms with E-state index < -0.39 is 5.97 Å². The van der Waals surface area contributed by atoms with Crippen LogP contribution in [0.5, 0.6) is 11.5 Å². The molecule has 0 aliphatic heterocycles. The van der Waals surface area contributed by atoms with Crippen molar-refractivity contribution < 1.29 is 33.5 Å². The van der Waals surface area contributed by atoms with Crippen LogP contribution >= 0.6 is 0 Å². The zero-order chi connectivity index (χ0) is 24.9. The number of carbonyl (C=O) groups excluding carboxylic acids is 2. The predicted molar refractivity (Wildman–Crippen MR) is 128 cm³/mol. The van der Waals surface area contributed by atoms with Gasteiger partial charge in [-0.15, -0.1) is 0 Å². The summed E-state index contributed by atoms with van der Waals surface area (Å²) in [5.74, 6) is 0.0160. The lowest BCUT2D eigenvalue weighted by Gasteiger charge is -2.09. The summed E-state index contributed by atoms with van der Waals surface area (Å²) in [6, 6.07) is 23.0. The summed E-state index contributed by atoms with van der Waals surface area (Å²) in [4.78, 5) is 22.7. The Morgan fingerprint density at radius 1 is 0.765 bits per heavy atom. The monoisotopic (exact) mass is 463 g/mol. The van der Waals surface area contributed by atoms with E-state index in [4.69, 9.17) is 14.2 Å². The van der Waals surface area contributed by atoms with Gasteiger partial charge in [0, 0.05) is 12.1 Å². The first-order valence-corrected chi connectivity index (χ1v) is 10.8. The summed E-state index contributed by atoms with van der Waals surface area (Å²) in [6.45, 7) is 4.73. The molecule has 0 aliphatic rings. The lowest BCUT2D eigenvalue weighted by atomic mass is 10.1. The highest BCUT2D eigenvalue weighted by molar-refractivity contribution is 6.41. The number of methoxy groups -OCH3 is 2. The second-order valence-electron chi connectivity index (χ2n) is 6.89. The zero-order valence-corrected chi connectivity index (χ0v) is 19.8. The second kappa shape index (κ2) is 13.4. The number of hydrogen-bond acceptors (Lipinski definition) is 6. The highest BCUT2D eigenvalue weighted by Gasteiger charge is 2.27. The maximum atomic E-state index is 12.6. The largest absolute Gasteiger partial charge is 0.545 e. The first-order valence-electron chi connectivity index (χ1n) is 10.8. The van der Waals surface area contributed by atoms with Gasteiger partial charge in [-0.25, -0.2) is 4.79 Å². The second-order valence-corrected chi connectivity index (χ2v) is 6.89. The normalized spacial score (nSPS) is 10.8. The Kier molecular flexibility index (Phi) is 10.3. The number of benzene rings is 3. The van der Waals surface area contributed by atoms with Crippen LogP contribution in [0.3, 0.4) is 0 Å². The van der Waals surface area contributed by atoms with E-state index in [2.05, 4.69) is 0 Å². The van der Waals surface area contributed by atoms with Gasteiger partial charge < -0.3 is 24.1 Å². The third kappa shape index (κ3) is 7.20. The summed E-state index contributed by atoms with van der Waals surface area (Å²) >= 11 is 0. The van der Waals surface area contributed by atoms with Crippen LogP contribution < -0.4 is 14.6 Å². The van der Waals surface area contributed by atoms with E-state index in [0.717, 1.165) is 22.7 Å². The van der Waals surface area contributed by atoms with E-state index in [0.29, 0.717) is 18.9 Å². The number of esters is 1. The first kappa shape index (κ1) is 26.1. The first-order chi connectivity index (χ1) is 16.4. The summed E-state index contributed by atoms with van der Waals surface area (Å²) in [6.07, 6.45) is 0. The number of aromatic carboxylic acids is 1. The van der Waals surface area contributed by atoms with Gasteiger partial charge in [-0.3, -0.25) is 0 Å². The third-order valence-electron chi connectivity index (χ3n) is 4.81. The van der Waals surface area contributed by atoms with Crippen molar-refractivity contribution in [1.82, 2.24) is 0 Å². The van der Waals surface area contributed by atoms with Crippen LogP contribution in [0.1, 0.15) is 29.8 Å². The van der Waals surface area contributed by atoms with Gasteiger partial charge in [-0.1, -0.05) is 30.3 Å². The van der Waals surface area contributed by atoms with Gasteiger partial charge in [-0.2, -0.15) is 4.58 Å². The van der Waals surface area contributed by atoms with Gasteiger partial charge in [0.1, 0.15) is 18.0 Å². The summed E-state index contributed by atoms with van der Waals surface area (Å²) in [5, 5.41) is 10.1. The predicted octanol–water partition coefficient (Wildman–Crippen LogP) is 3.47. The smallest absolute Gasteiger partial charge is 0.404 e. The summed E-state index contributed by atoms with van der Waals surface area (Å²) in [5.41, 5.74) is 2.38. The van der Waals surface area contributed by atoms with Crippen molar-refractivity contribution in [3.8, 4) is 11.5 Å². The fourth-order valence-electron chi connectivity index (χ4n) is 3.14. The van der Waals surface area contributed by atoms with E-state index in [9.17, 15) is 14.7 Å². The molecule has 7 nitrogen and oxygen atoms in total. The van der Waals surface area contributed by atoms with Crippen molar-refractivity contribution in [2.24, 2.45) is 0 Å². The van der Waals surface area contributed by atoms with Gasteiger partial charge in [0.05, 0.1) is 32.4 Å². The van der Waals surface area contributed by atoms with Crippen molar-refractivity contribution in [2.75, 3.05) is 27.4 Å². The molecule has 0 spiro atoms. The van der Waals surface area contributed by atoms with E-state index in [1.807, 2.05) is 60.0 Å². The number of carbonyl (C=O) groups is 2. The summed E-state index contributed by atoms with van der Waals surface area (Å²) < 4.78 is 17.6. The quantitative estimate of drug-likeness (QED) is 0.289. The number of carboxylic acids is 1. The molecule has 0 fully saturated rings. The van der Waals surface area contributed by atoms with Crippen LogP contribution in [-0.4, -0.2) is 49.6 Å². The number of nitrogens with zero attached hydrogens (tertiary/aromatic N) is 1. The minimum absolute atomic E-state index is 0.220. The van der Waals surface area contributed by atoms with E-state index >= 15 is 0 Å². The van der Waals surface area contributed by atoms with E-state index in [1.54, 1.807) is 39.3 Å². The molecule has 3 aromatic carbocycles. The van der Waals surface area contributed by atoms with Crippen molar-refractivity contribution in [2.45, 2.75) is 13.8 Å². The Hall–Kier alpha value is -4.13. The molecule has 0 unspecified atom stereocenters. The van der Waals surface area contributed by atoms with Crippen molar-refractivity contribution in [1.29, 1.82) is 0 Å². The minimum Gasteiger partial charge on any atom is -0.545 e. The molecule has 34 heavy (non-hydrogen) atoms. The van der Waals surface area contributed by atoms with Crippen LogP contribution in [0.4, 0.5) is 5.69 Å². The van der Waals surface area contributed by atoms with Crippen molar-refractivity contribution in [3.63, 3.8) is 0 Å².